The lowest BCUT2D eigenvalue weighted by molar-refractivity contribution is 0.412. The van der Waals surface area contributed by atoms with Gasteiger partial charge in [0, 0.05) is 0 Å². The first-order valence-corrected chi connectivity index (χ1v) is 21.1. The number of para-hydroxylation sites is 3. The van der Waals surface area contributed by atoms with E-state index in [1.165, 1.54) is 0 Å². The zero-order valence-electron chi connectivity index (χ0n) is 29.4. The van der Waals surface area contributed by atoms with E-state index in [4.69, 9.17) is 54.9 Å². The minimum atomic E-state index is -4.01. The van der Waals surface area contributed by atoms with Gasteiger partial charge in [0.25, 0.3) is 0 Å². The number of benzene rings is 6. The quantitative estimate of drug-likeness (QED) is 0.0937. The van der Waals surface area contributed by atoms with Crippen molar-refractivity contribution >= 4 is 23.0 Å². The highest BCUT2D eigenvalue weighted by Crippen LogP contribution is 2.78. The lowest BCUT2D eigenvalue weighted by Gasteiger charge is -2.33. The highest BCUT2D eigenvalue weighted by Gasteiger charge is 2.49. The van der Waals surface area contributed by atoms with Gasteiger partial charge < -0.3 is 41.4 Å². The fourth-order valence-corrected chi connectivity index (χ4v) is 14.0. The summed E-state index contributed by atoms with van der Waals surface area (Å²) in [6, 6.07) is 48.3. The van der Waals surface area contributed by atoms with E-state index in [-0.39, 0.29) is 0 Å². The summed E-state index contributed by atoms with van der Waals surface area (Å²) in [7, 11) is -7.29. The maximum Gasteiger partial charge on any atom is 0.460 e. The Morgan fingerprint density at radius 3 is 0.648 bits per heavy atom. The summed E-state index contributed by atoms with van der Waals surface area (Å²) in [6.45, 7) is 0. The van der Waals surface area contributed by atoms with Crippen molar-refractivity contribution in [3.63, 3.8) is 0 Å². The number of rotatable bonds is 15. The number of hydrogen-bond acceptors (Lipinski definition) is 12. The first kappa shape index (κ1) is 36.6. The third-order valence-electron chi connectivity index (χ3n) is 7.43. The Labute approximate surface area is 313 Å². The molecule has 15 heteroatoms. The fraction of sp³-hybridized carbons (Fsp3) is 0.0769. The largest absolute Gasteiger partial charge is 0.497 e. The number of methoxy groups -OCH3 is 3. The Kier molecular flexibility index (Phi) is 11.2. The molecule has 0 saturated carbocycles. The van der Waals surface area contributed by atoms with E-state index >= 15 is 0 Å². The zero-order chi connectivity index (χ0) is 37.3. The molecular weight excluding hydrogens is 747 g/mol. The molecule has 1 aliphatic heterocycles. The van der Waals surface area contributed by atoms with Gasteiger partial charge in [0.05, 0.1) is 21.3 Å². The number of ether oxygens (including phenoxy) is 3. The van der Waals surface area contributed by atoms with Gasteiger partial charge in [-0.05, 0) is 109 Å². The van der Waals surface area contributed by atoms with Gasteiger partial charge in [0.15, 0.2) is 0 Å². The summed E-state index contributed by atoms with van der Waals surface area (Å²) in [6.07, 6.45) is 0. The van der Waals surface area contributed by atoms with Crippen LogP contribution in [0.15, 0.2) is 177 Å². The Morgan fingerprint density at radius 2 is 0.444 bits per heavy atom. The minimum absolute atomic E-state index is 0.374. The molecule has 0 aliphatic carbocycles. The molecule has 0 radical (unpaired) electrons. The maximum atomic E-state index is 6.82. The molecule has 0 amide bonds. The van der Waals surface area contributed by atoms with Gasteiger partial charge in [0.1, 0.15) is 51.7 Å². The van der Waals surface area contributed by atoms with Crippen molar-refractivity contribution < 1.29 is 41.4 Å². The molecule has 0 atom stereocenters. The van der Waals surface area contributed by atoms with Gasteiger partial charge in [-0.2, -0.15) is 0 Å². The highest BCUT2D eigenvalue weighted by atomic mass is 31.3. The van der Waals surface area contributed by atoms with E-state index in [1.807, 2.05) is 54.6 Å². The van der Waals surface area contributed by atoms with Crippen molar-refractivity contribution in [1.29, 1.82) is 0 Å². The van der Waals surface area contributed by atoms with Crippen LogP contribution in [0.2, 0.25) is 0 Å². The standard InChI is InChI=1S/C39H36N3O9P3/c1-43-31-19-25-37(26-20-31)49-52(46-34-13-7-4-8-14-34)40-53(47-35-15-9-5-10-16-35,50-38-27-21-32(44-2)22-28-38)42-54(41-52,48-36-17-11-6-12-18-36)51-39-29-23-33(45-3)24-30-39/h4-30H,1-3H3. The first-order chi connectivity index (χ1) is 26.4. The molecule has 0 N–H and O–H groups in total. The summed E-state index contributed by atoms with van der Waals surface area (Å²) in [4.78, 5) is 0. The fourth-order valence-electron chi connectivity index (χ4n) is 4.93. The van der Waals surface area contributed by atoms with E-state index in [0.717, 1.165) is 0 Å². The van der Waals surface area contributed by atoms with Gasteiger partial charge >= 0.3 is 23.0 Å². The van der Waals surface area contributed by atoms with Crippen LogP contribution in [0, 0.1) is 0 Å². The SMILES string of the molecule is COc1ccc(OP2(Oc3ccccc3)=NP(Oc3ccccc3)(Oc3ccc(OC)cc3)=NP(Oc3ccccc3)(Oc3ccc(OC)cc3)=N2)cc1. The van der Waals surface area contributed by atoms with Gasteiger partial charge in [-0.1, -0.05) is 68.1 Å². The number of hydrogen-bond donors (Lipinski definition) is 0. The van der Waals surface area contributed by atoms with Crippen molar-refractivity contribution in [3.8, 4) is 51.7 Å². The van der Waals surface area contributed by atoms with Crippen molar-refractivity contribution in [2.24, 2.45) is 13.5 Å². The lowest BCUT2D eigenvalue weighted by atomic mass is 10.3. The zero-order valence-corrected chi connectivity index (χ0v) is 32.1. The van der Waals surface area contributed by atoms with E-state index < -0.39 is 23.0 Å². The van der Waals surface area contributed by atoms with Crippen molar-refractivity contribution in [1.82, 2.24) is 0 Å². The first-order valence-electron chi connectivity index (χ1n) is 16.6. The van der Waals surface area contributed by atoms with Crippen LogP contribution in [-0.2, 0) is 0 Å². The summed E-state index contributed by atoms with van der Waals surface area (Å²) in [5.41, 5.74) is 0. The van der Waals surface area contributed by atoms with E-state index in [0.29, 0.717) is 51.7 Å². The summed E-state index contributed by atoms with van der Waals surface area (Å²) in [5.74, 6) is 4.24. The van der Waals surface area contributed by atoms with Crippen LogP contribution < -0.4 is 41.4 Å². The molecule has 7 rings (SSSR count). The minimum Gasteiger partial charge on any atom is -0.497 e. The summed E-state index contributed by atoms with van der Waals surface area (Å²) < 4.78 is 72.7. The van der Waals surface area contributed by atoms with Crippen molar-refractivity contribution in [3.05, 3.63) is 164 Å². The highest BCUT2D eigenvalue weighted by molar-refractivity contribution is 7.79. The molecule has 1 aliphatic rings. The summed E-state index contributed by atoms with van der Waals surface area (Å²) in [5, 5.41) is 0. The molecule has 0 aromatic heterocycles. The van der Waals surface area contributed by atoms with Crippen LogP contribution in [0.5, 0.6) is 51.7 Å². The van der Waals surface area contributed by atoms with Crippen LogP contribution in [0.3, 0.4) is 0 Å². The van der Waals surface area contributed by atoms with Crippen LogP contribution in [0.4, 0.5) is 0 Å². The van der Waals surface area contributed by atoms with Gasteiger partial charge in [-0.25, -0.2) is 0 Å². The number of nitrogens with zero attached hydrogens (tertiary/aromatic N) is 3. The predicted molar refractivity (Wildman–Crippen MR) is 210 cm³/mol. The van der Waals surface area contributed by atoms with E-state index in [1.54, 1.807) is 131 Å². The summed E-state index contributed by atoms with van der Waals surface area (Å²) >= 11 is 0. The van der Waals surface area contributed by atoms with Gasteiger partial charge in [-0.15, -0.1) is 0 Å². The second kappa shape index (κ2) is 16.5. The molecule has 6 aromatic carbocycles. The smallest absolute Gasteiger partial charge is 0.460 e. The third kappa shape index (κ3) is 9.04. The van der Waals surface area contributed by atoms with Crippen molar-refractivity contribution in [2.75, 3.05) is 21.3 Å². The molecular formula is C39H36N3O9P3. The normalized spacial score (nSPS) is 20.1. The Morgan fingerprint density at radius 1 is 0.259 bits per heavy atom. The van der Waals surface area contributed by atoms with Crippen molar-refractivity contribution in [2.45, 2.75) is 0 Å². The average molecular weight is 784 g/mol. The van der Waals surface area contributed by atoms with Gasteiger partial charge in [-0.3, -0.25) is 0 Å². The molecule has 6 aromatic rings. The molecule has 54 heavy (non-hydrogen) atoms. The van der Waals surface area contributed by atoms with Crippen LogP contribution >= 0.6 is 23.0 Å². The monoisotopic (exact) mass is 783 g/mol. The molecule has 1 heterocycles. The second-order valence-corrected chi connectivity index (χ2v) is 17.4. The van der Waals surface area contributed by atoms with Crippen LogP contribution in [-0.4, -0.2) is 21.3 Å². The molecule has 276 valence electrons. The van der Waals surface area contributed by atoms with Crippen LogP contribution in [0.1, 0.15) is 0 Å². The molecule has 0 spiro atoms. The Bertz CT molecular complexity index is 2030. The average Bonchev–Trinajstić information content (AvgIpc) is 3.19. The van der Waals surface area contributed by atoms with E-state index in [9.17, 15) is 0 Å². The molecule has 0 bridgehead atoms. The van der Waals surface area contributed by atoms with Crippen LogP contribution in [0.25, 0.3) is 0 Å². The molecule has 0 saturated heterocycles. The molecule has 12 nitrogen and oxygen atoms in total. The van der Waals surface area contributed by atoms with Gasteiger partial charge in [0.2, 0.25) is 0 Å². The molecule has 0 unspecified atom stereocenters. The lowest BCUT2D eigenvalue weighted by Crippen LogP contribution is -2.11. The third-order valence-corrected chi connectivity index (χ3v) is 15.5. The Hall–Kier alpha value is -5.79. The molecule has 0 fully saturated rings. The predicted octanol–water partition coefficient (Wildman–Crippen LogP) is 12.3. The second-order valence-electron chi connectivity index (χ2n) is 11.3. The van der Waals surface area contributed by atoms with E-state index in [2.05, 4.69) is 0 Å². The Balaban J connectivity index is 1.54. The topological polar surface area (TPSA) is 120 Å². The maximum absolute atomic E-state index is 6.82.